The third-order valence-corrected chi connectivity index (χ3v) is 6.69. The number of nitrogens with zero attached hydrogens (tertiary/aromatic N) is 1. The number of rotatable bonds is 8. The molecule has 0 fully saturated rings. The number of nitrogens with one attached hydrogen (secondary N) is 1. The fourth-order valence-electron chi connectivity index (χ4n) is 4.80. The molecule has 4 heteroatoms. The van der Waals surface area contributed by atoms with Gasteiger partial charge in [-0.25, -0.2) is 0 Å². The highest BCUT2D eigenvalue weighted by molar-refractivity contribution is 6.02. The van der Waals surface area contributed by atoms with Crippen molar-refractivity contribution in [3.05, 3.63) is 131 Å². The molecule has 0 saturated heterocycles. The van der Waals surface area contributed by atoms with E-state index in [1.807, 2.05) is 83.8 Å². The molecule has 1 aliphatic heterocycles. The molecule has 1 aliphatic rings. The Hall–Kier alpha value is -4.05. The highest BCUT2D eigenvalue weighted by Gasteiger charge is 2.43. The van der Waals surface area contributed by atoms with E-state index in [0.717, 1.165) is 29.8 Å². The van der Waals surface area contributed by atoms with Crippen molar-refractivity contribution in [1.29, 1.82) is 0 Å². The van der Waals surface area contributed by atoms with Crippen LogP contribution in [-0.2, 0) is 18.5 Å². The van der Waals surface area contributed by atoms with Crippen LogP contribution < -0.4 is 10.1 Å². The lowest BCUT2D eigenvalue weighted by molar-refractivity contribution is 0.0533. The summed E-state index contributed by atoms with van der Waals surface area (Å²) in [5.74, 6) is 0.812. The SMILES string of the molecule is CC1(c2ccccc2OCCc2ccccc2)Nc2ccccc2C(=O)N1CCc1ccccc1. The van der Waals surface area contributed by atoms with Crippen LogP contribution in [0.1, 0.15) is 34.0 Å². The van der Waals surface area contributed by atoms with E-state index in [1.54, 1.807) is 0 Å². The Balaban J connectivity index is 1.46. The van der Waals surface area contributed by atoms with Gasteiger partial charge in [0.1, 0.15) is 11.4 Å². The Morgan fingerprint density at radius 2 is 1.34 bits per heavy atom. The third kappa shape index (κ3) is 4.78. The third-order valence-electron chi connectivity index (χ3n) is 6.69. The Morgan fingerprint density at radius 1 is 0.743 bits per heavy atom. The van der Waals surface area contributed by atoms with E-state index < -0.39 is 5.66 Å². The van der Waals surface area contributed by atoms with Crippen molar-refractivity contribution in [1.82, 2.24) is 4.90 Å². The zero-order valence-corrected chi connectivity index (χ0v) is 20.0. The monoisotopic (exact) mass is 462 g/mol. The minimum atomic E-state index is -0.760. The predicted molar refractivity (Wildman–Crippen MR) is 141 cm³/mol. The molecule has 0 aromatic heterocycles. The number of para-hydroxylation sites is 2. The summed E-state index contributed by atoms with van der Waals surface area (Å²) in [6.07, 6.45) is 1.59. The lowest BCUT2D eigenvalue weighted by atomic mass is 9.92. The number of hydrogen-bond acceptors (Lipinski definition) is 3. The highest BCUT2D eigenvalue weighted by atomic mass is 16.5. The first-order valence-corrected chi connectivity index (χ1v) is 12.1. The van der Waals surface area contributed by atoms with Gasteiger partial charge < -0.3 is 15.0 Å². The van der Waals surface area contributed by atoms with Crippen LogP contribution >= 0.6 is 0 Å². The van der Waals surface area contributed by atoms with Crippen LogP contribution in [0.2, 0.25) is 0 Å². The van der Waals surface area contributed by atoms with Gasteiger partial charge in [0.25, 0.3) is 5.91 Å². The molecular formula is C31H30N2O2. The van der Waals surface area contributed by atoms with Gasteiger partial charge >= 0.3 is 0 Å². The summed E-state index contributed by atoms with van der Waals surface area (Å²) < 4.78 is 6.32. The second kappa shape index (κ2) is 10.1. The molecule has 35 heavy (non-hydrogen) atoms. The van der Waals surface area contributed by atoms with Crippen LogP contribution in [-0.4, -0.2) is 24.0 Å². The zero-order valence-electron chi connectivity index (χ0n) is 20.0. The lowest BCUT2D eigenvalue weighted by Gasteiger charge is -2.47. The van der Waals surface area contributed by atoms with Crippen molar-refractivity contribution in [3.63, 3.8) is 0 Å². The van der Waals surface area contributed by atoms with E-state index >= 15 is 0 Å². The average molecular weight is 463 g/mol. The topological polar surface area (TPSA) is 41.6 Å². The summed E-state index contributed by atoms with van der Waals surface area (Å²) in [5.41, 5.74) is 4.16. The highest BCUT2D eigenvalue weighted by Crippen LogP contribution is 2.41. The van der Waals surface area contributed by atoms with Crippen molar-refractivity contribution in [2.24, 2.45) is 0 Å². The molecular weight excluding hydrogens is 432 g/mol. The van der Waals surface area contributed by atoms with Crippen LogP contribution in [0.15, 0.2) is 109 Å². The molecule has 0 aliphatic carbocycles. The van der Waals surface area contributed by atoms with E-state index in [-0.39, 0.29) is 5.91 Å². The lowest BCUT2D eigenvalue weighted by Crippen LogP contribution is -2.56. The van der Waals surface area contributed by atoms with Gasteiger partial charge in [-0.15, -0.1) is 0 Å². The van der Waals surface area contributed by atoms with E-state index in [4.69, 9.17) is 4.74 Å². The Bertz CT molecular complexity index is 1290. The second-order valence-electron chi connectivity index (χ2n) is 9.02. The maximum absolute atomic E-state index is 13.8. The molecule has 0 saturated carbocycles. The fraction of sp³-hybridized carbons (Fsp3) is 0.194. The molecule has 4 nitrogen and oxygen atoms in total. The molecule has 1 unspecified atom stereocenters. The van der Waals surface area contributed by atoms with Crippen molar-refractivity contribution in [3.8, 4) is 5.75 Å². The summed E-state index contributed by atoms with van der Waals surface area (Å²) in [6, 6.07) is 36.4. The van der Waals surface area contributed by atoms with Crippen LogP contribution in [0.25, 0.3) is 0 Å². The van der Waals surface area contributed by atoms with Gasteiger partial charge in [0, 0.05) is 24.2 Å². The van der Waals surface area contributed by atoms with Crippen LogP contribution in [0.5, 0.6) is 5.75 Å². The number of anilines is 1. The quantitative estimate of drug-likeness (QED) is 0.334. The fourth-order valence-corrected chi connectivity index (χ4v) is 4.80. The Labute approximate surface area is 207 Å². The molecule has 5 rings (SSSR count). The summed E-state index contributed by atoms with van der Waals surface area (Å²) >= 11 is 0. The standard InChI is InChI=1S/C31H30N2O2/c1-31(27-17-9-11-19-29(27)35-23-21-25-14-6-3-7-15-25)32-28-18-10-8-16-26(28)30(34)33(31)22-20-24-12-4-2-5-13-24/h2-19,32H,20-23H2,1H3. The second-order valence-corrected chi connectivity index (χ2v) is 9.02. The van der Waals surface area contributed by atoms with Gasteiger partial charge in [0.15, 0.2) is 0 Å². The van der Waals surface area contributed by atoms with Crippen LogP contribution in [0, 0.1) is 0 Å². The average Bonchev–Trinajstić information content (AvgIpc) is 2.90. The summed E-state index contributed by atoms with van der Waals surface area (Å²) in [4.78, 5) is 15.7. The van der Waals surface area contributed by atoms with Crippen LogP contribution in [0.4, 0.5) is 5.69 Å². The number of hydrogen-bond donors (Lipinski definition) is 1. The maximum Gasteiger partial charge on any atom is 0.258 e. The summed E-state index contributed by atoms with van der Waals surface area (Å²) in [5, 5.41) is 3.68. The van der Waals surface area contributed by atoms with E-state index in [0.29, 0.717) is 18.7 Å². The Kier molecular flexibility index (Phi) is 6.53. The number of benzene rings is 4. The van der Waals surface area contributed by atoms with Gasteiger partial charge in [-0.2, -0.15) is 0 Å². The van der Waals surface area contributed by atoms with Gasteiger partial charge in [-0.05, 0) is 42.7 Å². The summed E-state index contributed by atoms with van der Waals surface area (Å²) in [7, 11) is 0. The van der Waals surface area contributed by atoms with Crippen molar-refractivity contribution in [2.75, 3.05) is 18.5 Å². The minimum Gasteiger partial charge on any atom is -0.493 e. The minimum absolute atomic E-state index is 0.0249. The van der Waals surface area contributed by atoms with Gasteiger partial charge in [0.2, 0.25) is 0 Å². The number of carbonyl (C=O) groups is 1. The van der Waals surface area contributed by atoms with Gasteiger partial charge in [-0.1, -0.05) is 91.0 Å². The van der Waals surface area contributed by atoms with E-state index in [2.05, 4.69) is 42.6 Å². The molecule has 4 aromatic carbocycles. The predicted octanol–water partition coefficient (Wildman–Crippen LogP) is 6.29. The molecule has 0 bridgehead atoms. The van der Waals surface area contributed by atoms with Gasteiger partial charge in [0.05, 0.1) is 12.2 Å². The number of fused-ring (bicyclic) bond motifs is 1. The number of carbonyl (C=O) groups excluding carboxylic acids is 1. The largest absolute Gasteiger partial charge is 0.493 e. The van der Waals surface area contributed by atoms with E-state index in [9.17, 15) is 4.79 Å². The molecule has 0 radical (unpaired) electrons. The molecule has 4 aromatic rings. The van der Waals surface area contributed by atoms with Crippen LogP contribution in [0.3, 0.4) is 0 Å². The molecule has 1 amide bonds. The molecule has 176 valence electrons. The molecule has 1 atom stereocenters. The first-order chi connectivity index (χ1) is 17.1. The Morgan fingerprint density at radius 3 is 2.09 bits per heavy atom. The molecule has 1 heterocycles. The maximum atomic E-state index is 13.8. The van der Waals surface area contributed by atoms with Crippen molar-refractivity contribution >= 4 is 11.6 Å². The van der Waals surface area contributed by atoms with Crippen molar-refractivity contribution in [2.45, 2.75) is 25.4 Å². The van der Waals surface area contributed by atoms with Crippen molar-refractivity contribution < 1.29 is 9.53 Å². The molecule has 0 spiro atoms. The first-order valence-electron chi connectivity index (χ1n) is 12.1. The normalized spacial score (nSPS) is 16.9. The molecule has 1 N–H and O–H groups in total. The van der Waals surface area contributed by atoms with E-state index in [1.165, 1.54) is 11.1 Å². The smallest absolute Gasteiger partial charge is 0.258 e. The van der Waals surface area contributed by atoms with Gasteiger partial charge in [-0.3, -0.25) is 4.79 Å². The number of ether oxygens (including phenoxy) is 1. The summed E-state index contributed by atoms with van der Waals surface area (Å²) in [6.45, 7) is 3.22. The zero-order chi connectivity index (χ0) is 24.1. The number of amides is 1. The first kappa shape index (κ1) is 22.7.